The van der Waals surface area contributed by atoms with Gasteiger partial charge in [0.15, 0.2) is 11.3 Å². The lowest BCUT2D eigenvalue weighted by Gasteiger charge is -2.15. The van der Waals surface area contributed by atoms with Gasteiger partial charge in [-0.25, -0.2) is 27.1 Å². The molecule has 7 nitrogen and oxygen atoms in total. The van der Waals surface area contributed by atoms with Crippen LogP contribution in [0.3, 0.4) is 0 Å². The number of fused-ring (bicyclic) bond motifs is 1. The Hall–Kier alpha value is -2.98. The normalized spacial score (nSPS) is 11.8. The second kappa shape index (κ2) is 7.56. The van der Waals surface area contributed by atoms with Gasteiger partial charge < -0.3 is 4.90 Å². The van der Waals surface area contributed by atoms with Crippen LogP contribution in [0, 0.1) is 6.92 Å². The van der Waals surface area contributed by atoms with Crippen LogP contribution in [0.4, 0.5) is 17.6 Å². The molecule has 28 heavy (non-hydrogen) atoms. The largest absolute Gasteiger partial charge is 0.336 e. The summed E-state index contributed by atoms with van der Waals surface area (Å²) in [5, 5.41) is 8.16. The molecule has 3 aromatic heterocycles. The van der Waals surface area contributed by atoms with E-state index in [-0.39, 0.29) is 17.9 Å². The number of halogens is 4. The van der Waals surface area contributed by atoms with Crippen LogP contribution in [0.2, 0.25) is 0 Å². The van der Waals surface area contributed by atoms with Crippen LogP contribution in [0.15, 0.2) is 18.3 Å². The number of alkyl halides is 4. The molecule has 0 aromatic carbocycles. The first kappa shape index (κ1) is 19.8. The van der Waals surface area contributed by atoms with E-state index < -0.39 is 30.1 Å². The Labute approximate surface area is 157 Å². The fourth-order valence-corrected chi connectivity index (χ4v) is 2.79. The van der Waals surface area contributed by atoms with Gasteiger partial charge in [0, 0.05) is 38.0 Å². The summed E-state index contributed by atoms with van der Waals surface area (Å²) in [6.45, 7) is 4.66. The lowest BCUT2D eigenvalue weighted by atomic mass is 10.2. The van der Waals surface area contributed by atoms with Crippen molar-refractivity contribution in [1.82, 2.24) is 29.3 Å². The fourth-order valence-electron chi connectivity index (χ4n) is 2.79. The first-order valence-corrected chi connectivity index (χ1v) is 8.46. The van der Waals surface area contributed by atoms with Crippen LogP contribution in [-0.2, 0) is 13.1 Å². The highest BCUT2D eigenvalue weighted by atomic mass is 19.3. The molecule has 0 radical (unpaired) electrons. The van der Waals surface area contributed by atoms with E-state index in [4.69, 9.17) is 0 Å². The summed E-state index contributed by atoms with van der Waals surface area (Å²) >= 11 is 0. The molecule has 0 saturated carbocycles. The van der Waals surface area contributed by atoms with Crippen molar-refractivity contribution in [3.05, 3.63) is 46.7 Å². The Morgan fingerprint density at radius 1 is 1.18 bits per heavy atom. The highest BCUT2D eigenvalue weighted by Gasteiger charge is 2.23. The molecule has 0 atom stereocenters. The van der Waals surface area contributed by atoms with E-state index in [1.54, 1.807) is 4.68 Å². The van der Waals surface area contributed by atoms with E-state index in [2.05, 4.69) is 15.2 Å². The minimum atomic E-state index is -3.05. The van der Waals surface area contributed by atoms with Crippen LogP contribution in [-0.4, -0.2) is 42.2 Å². The van der Waals surface area contributed by atoms with Crippen LogP contribution in [0.1, 0.15) is 52.9 Å². The summed E-state index contributed by atoms with van der Waals surface area (Å²) in [6, 6.07) is 1.72. The molecular formula is C17H18F4N6O. The van der Waals surface area contributed by atoms with E-state index in [9.17, 15) is 22.4 Å². The Balaban J connectivity index is 1.92. The fraction of sp³-hybridized carbons (Fsp3) is 0.412. The number of rotatable bonds is 6. The highest BCUT2D eigenvalue weighted by Crippen LogP contribution is 2.25. The number of hydrogen-bond acceptors (Lipinski definition) is 4. The zero-order valence-corrected chi connectivity index (χ0v) is 15.4. The molecule has 3 heterocycles. The lowest BCUT2D eigenvalue weighted by molar-refractivity contribution is 0.0778. The van der Waals surface area contributed by atoms with Crippen molar-refractivity contribution < 1.29 is 22.4 Å². The molecule has 0 aliphatic heterocycles. The first-order chi connectivity index (χ1) is 13.2. The minimum Gasteiger partial charge on any atom is -0.336 e. The van der Waals surface area contributed by atoms with Crippen molar-refractivity contribution in [1.29, 1.82) is 0 Å². The van der Waals surface area contributed by atoms with Crippen LogP contribution >= 0.6 is 0 Å². The third-order valence-corrected chi connectivity index (χ3v) is 4.27. The predicted molar refractivity (Wildman–Crippen MR) is 91.3 cm³/mol. The molecule has 0 saturated heterocycles. The second-order valence-corrected chi connectivity index (χ2v) is 6.26. The maximum Gasteiger partial charge on any atom is 0.280 e. The van der Waals surface area contributed by atoms with E-state index in [1.807, 2.05) is 20.0 Å². The Morgan fingerprint density at radius 2 is 1.89 bits per heavy atom. The van der Waals surface area contributed by atoms with E-state index in [1.165, 1.54) is 11.9 Å². The predicted octanol–water partition coefficient (Wildman–Crippen LogP) is 3.40. The summed E-state index contributed by atoms with van der Waals surface area (Å²) < 4.78 is 54.8. The topological polar surface area (TPSA) is 68.3 Å². The summed E-state index contributed by atoms with van der Waals surface area (Å²) in [4.78, 5) is 17.6. The number of carbonyl (C=O) groups is 1. The zero-order chi connectivity index (χ0) is 20.6. The molecule has 3 aromatic rings. The smallest absolute Gasteiger partial charge is 0.280 e. The molecule has 1 amide bonds. The lowest BCUT2D eigenvalue weighted by Crippen LogP contribution is -2.26. The Kier molecular flexibility index (Phi) is 5.34. The molecule has 0 N–H and O–H groups in total. The van der Waals surface area contributed by atoms with Gasteiger partial charge in [-0.15, -0.1) is 0 Å². The number of amides is 1. The SMILES string of the molecule is CCn1cc(CN(C)C(=O)c2cc3nc(C(F)F)cc(C(F)F)n3n2)c(C)n1. The van der Waals surface area contributed by atoms with E-state index >= 15 is 0 Å². The maximum atomic E-state index is 13.2. The third kappa shape index (κ3) is 3.69. The van der Waals surface area contributed by atoms with Gasteiger partial charge in [-0.3, -0.25) is 9.48 Å². The molecule has 0 bridgehead atoms. The van der Waals surface area contributed by atoms with Crippen LogP contribution in [0.25, 0.3) is 5.65 Å². The zero-order valence-electron chi connectivity index (χ0n) is 15.4. The molecule has 0 aliphatic carbocycles. The summed E-state index contributed by atoms with van der Waals surface area (Å²) in [6.07, 6.45) is -4.25. The molecular weight excluding hydrogens is 380 g/mol. The Morgan fingerprint density at radius 3 is 2.46 bits per heavy atom. The number of carbonyl (C=O) groups excluding carboxylic acids is 1. The van der Waals surface area contributed by atoms with Crippen molar-refractivity contribution >= 4 is 11.6 Å². The molecule has 150 valence electrons. The molecule has 3 rings (SSSR count). The quantitative estimate of drug-likeness (QED) is 0.597. The van der Waals surface area contributed by atoms with Crippen molar-refractivity contribution in [2.24, 2.45) is 0 Å². The number of aromatic nitrogens is 5. The summed E-state index contributed by atoms with van der Waals surface area (Å²) in [5.74, 6) is -0.548. The van der Waals surface area contributed by atoms with Crippen LogP contribution < -0.4 is 0 Å². The average molecular weight is 398 g/mol. The van der Waals surface area contributed by atoms with Gasteiger partial charge in [-0.05, 0) is 19.9 Å². The van der Waals surface area contributed by atoms with Gasteiger partial charge >= 0.3 is 0 Å². The van der Waals surface area contributed by atoms with E-state index in [0.717, 1.165) is 21.8 Å². The average Bonchev–Trinajstić information content (AvgIpc) is 3.23. The summed E-state index contributed by atoms with van der Waals surface area (Å²) in [5.41, 5.74) is -0.351. The van der Waals surface area contributed by atoms with Gasteiger partial charge in [0.25, 0.3) is 18.8 Å². The van der Waals surface area contributed by atoms with Gasteiger partial charge in [0.1, 0.15) is 11.4 Å². The molecule has 0 unspecified atom stereocenters. The monoisotopic (exact) mass is 398 g/mol. The van der Waals surface area contributed by atoms with Crippen molar-refractivity contribution in [3.8, 4) is 0 Å². The van der Waals surface area contributed by atoms with Crippen molar-refractivity contribution in [2.45, 2.75) is 39.8 Å². The third-order valence-electron chi connectivity index (χ3n) is 4.27. The van der Waals surface area contributed by atoms with Gasteiger partial charge in [0.2, 0.25) is 0 Å². The van der Waals surface area contributed by atoms with Gasteiger partial charge in [-0.1, -0.05) is 0 Å². The van der Waals surface area contributed by atoms with E-state index in [0.29, 0.717) is 12.6 Å². The van der Waals surface area contributed by atoms with Crippen LogP contribution in [0.5, 0.6) is 0 Å². The number of nitrogens with zero attached hydrogens (tertiary/aromatic N) is 6. The molecule has 0 spiro atoms. The van der Waals surface area contributed by atoms with Gasteiger partial charge in [0.05, 0.1) is 5.69 Å². The maximum absolute atomic E-state index is 13.2. The molecule has 0 aliphatic rings. The minimum absolute atomic E-state index is 0.163. The molecule has 0 fully saturated rings. The second-order valence-electron chi connectivity index (χ2n) is 6.26. The highest BCUT2D eigenvalue weighted by molar-refractivity contribution is 5.93. The number of aryl methyl sites for hydroxylation is 2. The Bertz CT molecular complexity index is 1010. The van der Waals surface area contributed by atoms with Gasteiger partial charge in [-0.2, -0.15) is 10.2 Å². The molecule has 11 heteroatoms. The standard InChI is InChI=1S/C17H18F4N6O/c1-4-26-8-10(9(2)23-26)7-25(3)17(28)12-6-14-22-11(15(18)19)5-13(16(20)21)27(14)24-12/h5-6,8,15-16H,4,7H2,1-3H3. The van der Waals surface area contributed by atoms with Crippen molar-refractivity contribution in [2.75, 3.05) is 7.05 Å². The number of hydrogen-bond donors (Lipinski definition) is 0. The van der Waals surface area contributed by atoms with Crippen molar-refractivity contribution in [3.63, 3.8) is 0 Å². The summed E-state index contributed by atoms with van der Waals surface area (Å²) in [7, 11) is 1.53. The first-order valence-electron chi connectivity index (χ1n) is 8.46.